The summed E-state index contributed by atoms with van der Waals surface area (Å²) in [5, 5.41) is 11.7. The number of nitrogens with one attached hydrogen (secondary N) is 1. The molecule has 0 spiro atoms. The number of aryl methyl sites for hydroxylation is 3. The second kappa shape index (κ2) is 5.28. The molecule has 2 aromatic heterocycles. The van der Waals surface area contributed by atoms with E-state index in [1.165, 1.54) is 0 Å². The number of rotatable bonds is 3. The van der Waals surface area contributed by atoms with Crippen LogP contribution >= 0.6 is 11.6 Å². The van der Waals surface area contributed by atoms with Gasteiger partial charge in [0.15, 0.2) is 5.69 Å². The zero-order valence-corrected chi connectivity index (χ0v) is 13.0. The van der Waals surface area contributed by atoms with Crippen LogP contribution in [-0.4, -0.2) is 25.5 Å². The van der Waals surface area contributed by atoms with E-state index >= 15 is 0 Å². The predicted octanol–water partition coefficient (Wildman–Crippen LogP) is 1.91. The highest BCUT2D eigenvalue weighted by molar-refractivity contribution is 6.34. The standard InChI is InChI=1S/C13H18ClN5O/c1-7(10-6-18(4)16-8(10)2)15-13(20)12-11(14)9(3)19(5)17-12/h6-7H,1-5H3,(H,15,20). The summed E-state index contributed by atoms with van der Waals surface area (Å²) >= 11 is 6.11. The minimum atomic E-state index is -0.283. The second-order valence-electron chi connectivity index (χ2n) is 4.91. The van der Waals surface area contributed by atoms with Gasteiger partial charge >= 0.3 is 0 Å². The van der Waals surface area contributed by atoms with Crippen LogP contribution in [0.1, 0.15) is 40.4 Å². The van der Waals surface area contributed by atoms with Crippen LogP contribution < -0.4 is 5.32 Å². The summed E-state index contributed by atoms with van der Waals surface area (Å²) in [5.41, 5.74) is 2.88. The molecule has 7 heteroatoms. The number of hydrogen-bond acceptors (Lipinski definition) is 3. The van der Waals surface area contributed by atoms with E-state index < -0.39 is 0 Å². The first-order valence-corrected chi connectivity index (χ1v) is 6.69. The second-order valence-corrected chi connectivity index (χ2v) is 5.29. The largest absolute Gasteiger partial charge is 0.344 e. The summed E-state index contributed by atoms with van der Waals surface area (Å²) in [7, 11) is 3.61. The smallest absolute Gasteiger partial charge is 0.273 e. The van der Waals surface area contributed by atoms with Crippen LogP contribution in [0.2, 0.25) is 5.02 Å². The Morgan fingerprint density at radius 2 is 2.00 bits per heavy atom. The molecule has 2 aromatic rings. The van der Waals surface area contributed by atoms with Gasteiger partial charge in [0.05, 0.1) is 22.5 Å². The SMILES string of the molecule is Cc1nn(C)cc1C(C)NC(=O)c1nn(C)c(C)c1Cl. The van der Waals surface area contributed by atoms with E-state index in [4.69, 9.17) is 11.6 Å². The minimum Gasteiger partial charge on any atom is -0.344 e. The average Bonchev–Trinajstić information content (AvgIpc) is 2.83. The van der Waals surface area contributed by atoms with Gasteiger partial charge in [-0.2, -0.15) is 10.2 Å². The highest BCUT2D eigenvalue weighted by atomic mass is 35.5. The molecule has 20 heavy (non-hydrogen) atoms. The predicted molar refractivity (Wildman–Crippen MR) is 76.8 cm³/mol. The van der Waals surface area contributed by atoms with Crippen molar-refractivity contribution < 1.29 is 4.79 Å². The molecule has 2 rings (SSSR count). The Kier molecular flexibility index (Phi) is 3.85. The molecule has 0 aliphatic heterocycles. The number of carbonyl (C=O) groups is 1. The normalized spacial score (nSPS) is 12.5. The van der Waals surface area contributed by atoms with Gasteiger partial charge < -0.3 is 5.32 Å². The van der Waals surface area contributed by atoms with Crippen molar-refractivity contribution in [2.24, 2.45) is 14.1 Å². The van der Waals surface area contributed by atoms with Crippen molar-refractivity contribution in [1.82, 2.24) is 24.9 Å². The minimum absolute atomic E-state index is 0.158. The first-order chi connectivity index (χ1) is 9.31. The number of nitrogens with zero attached hydrogens (tertiary/aromatic N) is 4. The van der Waals surface area contributed by atoms with Gasteiger partial charge in [-0.1, -0.05) is 11.6 Å². The fraction of sp³-hybridized carbons (Fsp3) is 0.462. The Morgan fingerprint density at radius 3 is 2.45 bits per heavy atom. The number of hydrogen-bond donors (Lipinski definition) is 1. The van der Waals surface area contributed by atoms with E-state index in [1.807, 2.05) is 34.0 Å². The van der Waals surface area contributed by atoms with Crippen LogP contribution in [-0.2, 0) is 14.1 Å². The van der Waals surface area contributed by atoms with Crippen LogP contribution in [0, 0.1) is 13.8 Å². The van der Waals surface area contributed by atoms with Crippen molar-refractivity contribution in [3.63, 3.8) is 0 Å². The van der Waals surface area contributed by atoms with Crippen LogP contribution in [0.4, 0.5) is 0 Å². The molecular weight excluding hydrogens is 278 g/mol. The van der Waals surface area contributed by atoms with Crippen molar-refractivity contribution in [3.8, 4) is 0 Å². The first-order valence-electron chi connectivity index (χ1n) is 6.31. The lowest BCUT2D eigenvalue weighted by molar-refractivity contribution is 0.0934. The van der Waals surface area contributed by atoms with Crippen molar-refractivity contribution >= 4 is 17.5 Å². The Morgan fingerprint density at radius 1 is 1.35 bits per heavy atom. The van der Waals surface area contributed by atoms with Crippen molar-refractivity contribution in [2.45, 2.75) is 26.8 Å². The van der Waals surface area contributed by atoms with Crippen LogP contribution in [0.5, 0.6) is 0 Å². The lowest BCUT2D eigenvalue weighted by Gasteiger charge is -2.12. The molecule has 0 aliphatic carbocycles. The zero-order chi connectivity index (χ0) is 15.0. The Bertz CT molecular complexity index is 658. The van der Waals surface area contributed by atoms with Crippen molar-refractivity contribution in [3.05, 3.63) is 33.9 Å². The molecule has 0 bridgehead atoms. The zero-order valence-electron chi connectivity index (χ0n) is 12.2. The molecule has 1 amide bonds. The van der Waals surface area contributed by atoms with Crippen molar-refractivity contribution in [2.75, 3.05) is 0 Å². The molecule has 0 radical (unpaired) electrons. The van der Waals surface area contributed by atoms with E-state index in [-0.39, 0.29) is 17.6 Å². The van der Waals surface area contributed by atoms with Crippen LogP contribution in [0.15, 0.2) is 6.20 Å². The summed E-state index contributed by atoms with van der Waals surface area (Å²) in [5.74, 6) is -0.283. The summed E-state index contributed by atoms with van der Waals surface area (Å²) < 4.78 is 3.32. The number of amides is 1. The Balaban J connectivity index is 2.19. The number of carbonyl (C=O) groups excluding carboxylic acids is 1. The summed E-state index contributed by atoms with van der Waals surface area (Å²) in [6, 6.07) is -0.158. The molecule has 1 atom stereocenters. The summed E-state index contributed by atoms with van der Waals surface area (Å²) in [6.45, 7) is 5.64. The third-order valence-corrected chi connectivity index (χ3v) is 3.79. The van der Waals surface area contributed by atoms with Gasteiger partial charge in [0.1, 0.15) is 0 Å². The topological polar surface area (TPSA) is 64.7 Å². The molecular formula is C13H18ClN5O. The fourth-order valence-corrected chi connectivity index (χ4v) is 2.36. The van der Waals surface area contributed by atoms with E-state index in [0.29, 0.717) is 5.02 Å². The summed E-state index contributed by atoms with van der Waals surface area (Å²) in [4.78, 5) is 12.2. The van der Waals surface area contributed by atoms with Crippen molar-refractivity contribution in [1.29, 1.82) is 0 Å². The van der Waals surface area contributed by atoms with Gasteiger partial charge in [-0.3, -0.25) is 14.2 Å². The third-order valence-electron chi connectivity index (χ3n) is 3.34. The maximum Gasteiger partial charge on any atom is 0.273 e. The molecule has 6 nitrogen and oxygen atoms in total. The van der Waals surface area contributed by atoms with Gasteiger partial charge in [-0.25, -0.2) is 0 Å². The van der Waals surface area contributed by atoms with Gasteiger partial charge in [0.2, 0.25) is 0 Å². The molecule has 0 saturated carbocycles. The lowest BCUT2D eigenvalue weighted by Crippen LogP contribution is -2.27. The first kappa shape index (κ1) is 14.6. The quantitative estimate of drug-likeness (QED) is 0.941. The van der Waals surface area contributed by atoms with E-state index in [0.717, 1.165) is 17.0 Å². The molecule has 0 aliphatic rings. The van der Waals surface area contributed by atoms with Gasteiger partial charge in [-0.15, -0.1) is 0 Å². The fourth-order valence-electron chi connectivity index (χ4n) is 2.11. The van der Waals surface area contributed by atoms with Crippen LogP contribution in [0.3, 0.4) is 0 Å². The highest BCUT2D eigenvalue weighted by Gasteiger charge is 2.21. The van der Waals surface area contributed by atoms with E-state index in [1.54, 1.807) is 16.4 Å². The summed E-state index contributed by atoms with van der Waals surface area (Å²) in [6.07, 6.45) is 1.89. The Labute approximate surface area is 122 Å². The van der Waals surface area contributed by atoms with Crippen LogP contribution in [0.25, 0.3) is 0 Å². The average molecular weight is 296 g/mol. The van der Waals surface area contributed by atoms with Gasteiger partial charge in [0.25, 0.3) is 5.91 Å². The highest BCUT2D eigenvalue weighted by Crippen LogP contribution is 2.21. The Hall–Kier alpha value is -1.82. The maximum absolute atomic E-state index is 12.2. The molecule has 2 heterocycles. The van der Waals surface area contributed by atoms with E-state index in [9.17, 15) is 4.79 Å². The maximum atomic E-state index is 12.2. The van der Waals surface area contributed by atoms with E-state index in [2.05, 4.69) is 15.5 Å². The van der Waals surface area contributed by atoms with Gasteiger partial charge in [0, 0.05) is 25.9 Å². The molecule has 0 fully saturated rings. The number of halogens is 1. The molecule has 0 saturated heterocycles. The molecule has 108 valence electrons. The van der Waals surface area contributed by atoms with Gasteiger partial charge in [-0.05, 0) is 20.8 Å². The molecule has 1 N–H and O–H groups in total. The lowest BCUT2D eigenvalue weighted by atomic mass is 10.1. The monoisotopic (exact) mass is 295 g/mol. The molecule has 1 unspecified atom stereocenters. The number of aromatic nitrogens is 4. The molecule has 0 aromatic carbocycles. The third kappa shape index (κ3) is 2.56.